The number of nitrogens with zero attached hydrogens (tertiary/aromatic N) is 4. The number of likely N-dealkylation sites (tertiary alicyclic amines) is 1. The highest BCUT2D eigenvalue weighted by Gasteiger charge is 2.33. The van der Waals surface area contributed by atoms with Crippen molar-refractivity contribution in [3.8, 4) is 6.07 Å². The lowest BCUT2D eigenvalue weighted by Crippen LogP contribution is -2.39. The number of carbonyl (C=O) groups is 2. The fourth-order valence-electron chi connectivity index (χ4n) is 5.48. The first-order chi connectivity index (χ1) is 21.2. The molecule has 10 heteroatoms. The number of hydrogen-bond donors (Lipinski definition) is 2. The first kappa shape index (κ1) is 34.2. The van der Waals surface area contributed by atoms with Gasteiger partial charge >= 0.3 is 0 Å². The number of imidazole rings is 1. The van der Waals surface area contributed by atoms with Gasteiger partial charge < -0.3 is 19.5 Å². The molecule has 1 unspecified atom stereocenters. The number of nitrogens with one attached hydrogen (secondary N) is 2. The number of nitriles is 1. The van der Waals surface area contributed by atoms with Crippen LogP contribution in [0.2, 0.25) is 5.02 Å². The van der Waals surface area contributed by atoms with Gasteiger partial charge in [0.05, 0.1) is 22.7 Å². The monoisotopic (exact) mass is 632 g/mol. The molecule has 2 amide bonds. The van der Waals surface area contributed by atoms with Gasteiger partial charge in [-0.3, -0.25) is 14.9 Å². The van der Waals surface area contributed by atoms with Crippen molar-refractivity contribution >= 4 is 40.4 Å². The Bertz CT molecular complexity index is 1600. The zero-order chi connectivity index (χ0) is 32.9. The first-order valence-electron chi connectivity index (χ1n) is 15.6. The van der Waals surface area contributed by atoms with E-state index in [1.54, 1.807) is 35.2 Å². The second kappa shape index (κ2) is 14.2. The molecule has 0 saturated carbocycles. The summed E-state index contributed by atoms with van der Waals surface area (Å²) in [5.74, 6) is -0.229. The van der Waals surface area contributed by atoms with Crippen molar-refractivity contribution in [3.05, 3.63) is 70.3 Å². The summed E-state index contributed by atoms with van der Waals surface area (Å²) in [6.07, 6.45) is 3.18. The van der Waals surface area contributed by atoms with E-state index in [0.29, 0.717) is 48.8 Å². The number of ether oxygens (including phenoxy) is 1. The molecule has 1 saturated heterocycles. The molecule has 45 heavy (non-hydrogen) atoms. The molecule has 1 aliphatic rings. The average molecular weight is 633 g/mol. The van der Waals surface area contributed by atoms with Gasteiger partial charge in [-0.2, -0.15) is 5.26 Å². The maximum absolute atomic E-state index is 13.6. The normalized spacial score (nSPS) is 16.6. The van der Waals surface area contributed by atoms with Crippen molar-refractivity contribution in [2.24, 2.45) is 5.41 Å². The van der Waals surface area contributed by atoms with Gasteiger partial charge in [0.25, 0.3) is 11.8 Å². The van der Waals surface area contributed by atoms with Crippen LogP contribution >= 0.6 is 11.6 Å². The van der Waals surface area contributed by atoms with Crippen LogP contribution in [0.4, 0.5) is 5.95 Å². The topological polar surface area (TPSA) is 112 Å². The number of fused-ring (bicyclic) bond motifs is 1. The molecular weight excluding hydrogens is 588 g/mol. The molecule has 2 atom stereocenters. The molecule has 4 rings (SSSR count). The predicted octanol–water partition coefficient (Wildman–Crippen LogP) is 6.72. The van der Waals surface area contributed by atoms with Crippen molar-refractivity contribution in [1.82, 2.24) is 19.8 Å². The van der Waals surface area contributed by atoms with E-state index in [1.807, 2.05) is 37.5 Å². The lowest BCUT2D eigenvalue weighted by Gasteiger charge is -2.28. The Hall–Kier alpha value is -3.71. The van der Waals surface area contributed by atoms with Crippen molar-refractivity contribution < 1.29 is 14.3 Å². The zero-order valence-corrected chi connectivity index (χ0v) is 28.2. The third-order valence-corrected chi connectivity index (χ3v) is 8.70. The third kappa shape index (κ3) is 8.51. The number of aromatic nitrogens is 2. The number of carbonyl (C=O) groups excluding carboxylic acids is 2. The molecule has 2 heterocycles. The Balaban J connectivity index is 1.66. The van der Waals surface area contributed by atoms with Gasteiger partial charge in [0.2, 0.25) is 5.95 Å². The summed E-state index contributed by atoms with van der Waals surface area (Å²) in [6, 6.07) is 15.0. The fourth-order valence-corrected chi connectivity index (χ4v) is 5.61. The van der Waals surface area contributed by atoms with E-state index in [-0.39, 0.29) is 28.8 Å². The summed E-state index contributed by atoms with van der Waals surface area (Å²) in [6.45, 7) is 16.4. The summed E-state index contributed by atoms with van der Waals surface area (Å²) < 4.78 is 7.69. The quantitative estimate of drug-likeness (QED) is 0.179. The highest BCUT2D eigenvalue weighted by molar-refractivity contribution is 6.30. The van der Waals surface area contributed by atoms with Crippen LogP contribution in [0.15, 0.2) is 54.1 Å². The summed E-state index contributed by atoms with van der Waals surface area (Å²) in [7, 11) is 0. The minimum Gasteiger partial charge on any atom is -0.372 e. The summed E-state index contributed by atoms with van der Waals surface area (Å²) >= 11 is 6.04. The highest BCUT2D eigenvalue weighted by atomic mass is 35.5. The summed E-state index contributed by atoms with van der Waals surface area (Å²) in [5, 5.41) is 17.0. The van der Waals surface area contributed by atoms with Crippen LogP contribution in [-0.2, 0) is 22.6 Å². The molecule has 240 valence electrons. The van der Waals surface area contributed by atoms with Crippen molar-refractivity contribution in [3.63, 3.8) is 0 Å². The molecule has 1 fully saturated rings. The van der Waals surface area contributed by atoms with Gasteiger partial charge in [-0.15, -0.1) is 0 Å². The minimum absolute atomic E-state index is 0.0636. The number of anilines is 1. The van der Waals surface area contributed by atoms with Crippen LogP contribution in [-0.4, -0.2) is 57.1 Å². The standard InChI is InChI=1S/C35H45ClN6O3/c1-8-45-35(6,7)19-26(20-37)32(44)41-17-9-10-28(41)22-42-30-16-11-24(21-38-23(2)34(3,4)5)18-29(30)39-33(42)40-31(43)25-12-14-27(36)15-13-25/h11-16,18-19,23,28,38H,8-10,17,21-22H2,1-7H3,(H,39,40,43)/b26-19+/t23-,28?/m0/s1. The SMILES string of the molecule is CCOC(C)(C)/C=C(\C#N)C(=O)N1CCCC1Cn1c(NC(=O)c2ccc(Cl)cc2)nc2cc(CN[C@@H](C)C(C)(C)C)ccc21. The van der Waals surface area contributed by atoms with Crippen molar-refractivity contribution in [2.75, 3.05) is 18.5 Å². The molecule has 2 N–H and O–H groups in total. The van der Waals surface area contributed by atoms with Crippen LogP contribution in [0, 0.1) is 16.7 Å². The summed E-state index contributed by atoms with van der Waals surface area (Å²) in [4.78, 5) is 33.5. The van der Waals surface area contributed by atoms with E-state index in [9.17, 15) is 14.9 Å². The summed E-state index contributed by atoms with van der Waals surface area (Å²) in [5.41, 5.74) is 2.57. The zero-order valence-electron chi connectivity index (χ0n) is 27.4. The number of rotatable bonds is 11. The van der Waals surface area contributed by atoms with Crippen LogP contribution in [0.25, 0.3) is 11.0 Å². The Labute approximate surface area is 271 Å². The molecule has 0 radical (unpaired) electrons. The van der Waals surface area contributed by atoms with Crippen molar-refractivity contribution in [1.29, 1.82) is 5.26 Å². The Kier molecular flexibility index (Phi) is 10.7. The molecule has 9 nitrogen and oxygen atoms in total. The second-order valence-corrected chi connectivity index (χ2v) is 13.7. The Morgan fingerprint density at radius 3 is 2.53 bits per heavy atom. The number of amides is 2. The van der Waals surface area contributed by atoms with Gasteiger partial charge in [0.1, 0.15) is 11.6 Å². The lowest BCUT2D eigenvalue weighted by atomic mass is 9.88. The van der Waals surface area contributed by atoms with E-state index in [4.69, 9.17) is 21.3 Å². The number of halogens is 1. The average Bonchev–Trinajstić information content (AvgIpc) is 3.58. The highest BCUT2D eigenvalue weighted by Crippen LogP contribution is 2.28. The molecule has 1 aliphatic heterocycles. The van der Waals surface area contributed by atoms with Gasteiger partial charge in [-0.05, 0) is 94.0 Å². The minimum atomic E-state index is -0.748. The van der Waals surface area contributed by atoms with Crippen molar-refractivity contribution in [2.45, 2.75) is 92.1 Å². The second-order valence-electron chi connectivity index (χ2n) is 13.3. The van der Waals surface area contributed by atoms with E-state index in [2.05, 4.69) is 50.5 Å². The van der Waals surface area contributed by atoms with Gasteiger partial charge in [0, 0.05) is 42.9 Å². The molecule has 2 aromatic carbocycles. The van der Waals surface area contributed by atoms with Crippen LogP contribution in [0.3, 0.4) is 0 Å². The molecule has 0 bridgehead atoms. The molecule has 3 aromatic rings. The maximum Gasteiger partial charge on any atom is 0.264 e. The maximum atomic E-state index is 13.6. The van der Waals surface area contributed by atoms with Crippen LogP contribution in [0.1, 0.15) is 77.2 Å². The first-order valence-corrected chi connectivity index (χ1v) is 16.0. The van der Waals surface area contributed by atoms with E-state index in [0.717, 1.165) is 29.4 Å². The number of benzene rings is 2. The van der Waals surface area contributed by atoms with Gasteiger partial charge in [-0.25, -0.2) is 4.98 Å². The molecule has 0 aliphatic carbocycles. The fraction of sp³-hybridized carbons (Fsp3) is 0.486. The smallest absolute Gasteiger partial charge is 0.264 e. The molecular formula is C35H45ClN6O3. The van der Waals surface area contributed by atoms with Crippen LogP contribution in [0.5, 0.6) is 0 Å². The van der Waals surface area contributed by atoms with Gasteiger partial charge in [-0.1, -0.05) is 38.4 Å². The van der Waals surface area contributed by atoms with Crippen LogP contribution < -0.4 is 10.6 Å². The predicted molar refractivity (Wildman–Crippen MR) is 179 cm³/mol. The molecule has 0 spiro atoms. The third-order valence-electron chi connectivity index (χ3n) is 8.45. The number of hydrogen-bond acceptors (Lipinski definition) is 6. The van der Waals surface area contributed by atoms with E-state index >= 15 is 0 Å². The van der Waals surface area contributed by atoms with E-state index in [1.165, 1.54) is 0 Å². The Morgan fingerprint density at radius 2 is 1.89 bits per heavy atom. The lowest BCUT2D eigenvalue weighted by molar-refractivity contribution is -0.127. The Morgan fingerprint density at radius 1 is 1.18 bits per heavy atom. The van der Waals surface area contributed by atoms with E-state index < -0.39 is 5.60 Å². The molecule has 1 aromatic heterocycles. The largest absolute Gasteiger partial charge is 0.372 e. The van der Waals surface area contributed by atoms with Gasteiger partial charge in [0.15, 0.2) is 0 Å².